The number of para-hydroxylation sites is 1. The zero-order valence-electron chi connectivity index (χ0n) is 24.4. The summed E-state index contributed by atoms with van der Waals surface area (Å²) in [6.45, 7) is 1.83. The molecule has 8 nitrogen and oxygen atoms in total. The van der Waals surface area contributed by atoms with Crippen LogP contribution < -0.4 is 20.9 Å². The second kappa shape index (κ2) is 14.0. The average molecular weight is 622 g/mol. The molecule has 0 aliphatic heterocycles. The second-order valence-corrected chi connectivity index (χ2v) is 12.5. The minimum Gasteiger partial charge on any atom is -0.378 e. The normalized spacial score (nSPS) is 11.9. The lowest BCUT2D eigenvalue weighted by molar-refractivity contribution is -0.115. The van der Waals surface area contributed by atoms with Crippen molar-refractivity contribution in [2.75, 3.05) is 29.6 Å². The second-order valence-electron chi connectivity index (χ2n) is 10.1. The van der Waals surface area contributed by atoms with Crippen molar-refractivity contribution in [3.05, 3.63) is 120 Å². The number of rotatable bonds is 10. The van der Waals surface area contributed by atoms with Crippen LogP contribution in [0.4, 0.5) is 16.5 Å². The van der Waals surface area contributed by atoms with Crippen LogP contribution >= 0.6 is 23.1 Å². The van der Waals surface area contributed by atoms with Crippen molar-refractivity contribution in [2.24, 2.45) is 0 Å². The number of anilines is 3. The van der Waals surface area contributed by atoms with Crippen molar-refractivity contribution in [1.29, 1.82) is 0 Å². The lowest BCUT2D eigenvalue weighted by Crippen LogP contribution is -2.30. The van der Waals surface area contributed by atoms with Gasteiger partial charge in [0.25, 0.3) is 11.8 Å². The van der Waals surface area contributed by atoms with Crippen molar-refractivity contribution in [2.45, 2.75) is 17.1 Å². The van der Waals surface area contributed by atoms with Gasteiger partial charge in [0.05, 0.1) is 15.5 Å². The molecule has 0 spiro atoms. The quantitative estimate of drug-likeness (QED) is 0.116. The van der Waals surface area contributed by atoms with Gasteiger partial charge in [-0.25, -0.2) is 4.98 Å². The van der Waals surface area contributed by atoms with Gasteiger partial charge in [-0.1, -0.05) is 53.8 Å². The van der Waals surface area contributed by atoms with E-state index in [1.165, 1.54) is 23.1 Å². The molecule has 0 fully saturated rings. The first-order valence-electron chi connectivity index (χ1n) is 13.8. The van der Waals surface area contributed by atoms with E-state index < -0.39 is 5.91 Å². The van der Waals surface area contributed by atoms with Crippen LogP contribution in [-0.2, 0) is 9.59 Å². The van der Waals surface area contributed by atoms with Crippen LogP contribution in [0.3, 0.4) is 0 Å². The van der Waals surface area contributed by atoms with Crippen LogP contribution in [0.1, 0.15) is 22.8 Å². The van der Waals surface area contributed by atoms with Gasteiger partial charge < -0.3 is 20.9 Å². The summed E-state index contributed by atoms with van der Waals surface area (Å²) in [7, 11) is 3.90. The number of fused-ring (bicyclic) bond motifs is 1. The number of carbonyl (C=O) groups excluding carboxylic acids is 3. The fourth-order valence-corrected chi connectivity index (χ4v) is 5.92. The van der Waals surface area contributed by atoms with Gasteiger partial charge >= 0.3 is 0 Å². The lowest BCUT2D eigenvalue weighted by Gasteiger charge is -2.14. The van der Waals surface area contributed by atoms with Gasteiger partial charge in [0, 0.05) is 35.9 Å². The monoisotopic (exact) mass is 621 g/mol. The average Bonchev–Trinajstić information content (AvgIpc) is 3.44. The lowest BCUT2D eigenvalue weighted by atomic mass is 10.1. The van der Waals surface area contributed by atoms with Crippen molar-refractivity contribution in [1.82, 2.24) is 10.3 Å². The number of hydrogen-bond acceptors (Lipinski definition) is 7. The van der Waals surface area contributed by atoms with Crippen molar-refractivity contribution in [3.8, 4) is 0 Å². The molecule has 0 saturated carbocycles. The first kappa shape index (κ1) is 30.5. The smallest absolute Gasteiger partial charge is 0.272 e. The molecule has 5 rings (SSSR count). The van der Waals surface area contributed by atoms with E-state index >= 15 is 0 Å². The highest BCUT2D eigenvalue weighted by atomic mass is 32.2. The van der Waals surface area contributed by atoms with E-state index in [1.807, 2.05) is 92.6 Å². The highest BCUT2D eigenvalue weighted by Crippen LogP contribution is 2.29. The van der Waals surface area contributed by atoms with Crippen LogP contribution in [0.5, 0.6) is 0 Å². The largest absolute Gasteiger partial charge is 0.378 e. The van der Waals surface area contributed by atoms with Crippen molar-refractivity contribution >= 4 is 73.6 Å². The topological polar surface area (TPSA) is 103 Å². The molecule has 0 saturated heterocycles. The molecule has 1 heterocycles. The summed E-state index contributed by atoms with van der Waals surface area (Å²) >= 11 is 2.84. The molecule has 0 aliphatic carbocycles. The van der Waals surface area contributed by atoms with E-state index in [2.05, 4.69) is 20.9 Å². The Morgan fingerprint density at radius 2 is 1.52 bits per heavy atom. The Morgan fingerprint density at radius 1 is 0.841 bits per heavy atom. The number of nitrogens with one attached hydrogen (secondary N) is 3. The molecule has 3 N–H and O–H groups in total. The van der Waals surface area contributed by atoms with Gasteiger partial charge in [0.2, 0.25) is 5.91 Å². The van der Waals surface area contributed by atoms with Crippen LogP contribution in [0.25, 0.3) is 16.3 Å². The highest BCUT2D eigenvalue weighted by Gasteiger charge is 2.18. The van der Waals surface area contributed by atoms with Crippen molar-refractivity contribution < 1.29 is 14.4 Å². The van der Waals surface area contributed by atoms with Crippen LogP contribution in [0, 0.1) is 0 Å². The van der Waals surface area contributed by atoms with E-state index in [1.54, 1.807) is 42.5 Å². The number of amides is 3. The van der Waals surface area contributed by atoms with Crippen LogP contribution in [0.15, 0.2) is 114 Å². The van der Waals surface area contributed by atoms with Gasteiger partial charge in [0.15, 0.2) is 5.13 Å². The first-order chi connectivity index (χ1) is 21.2. The van der Waals surface area contributed by atoms with Gasteiger partial charge in [-0.3, -0.25) is 14.4 Å². The standard InChI is InChI=1S/C34H31N5O3S2/c1-22(31(40)38-34-37-28-11-7-8-12-30(28)44-34)43-27-19-15-25(16-20-27)35-33(42)29(36-32(41)24-9-5-4-6-10-24)21-23-13-17-26(18-14-23)39(2)3/h4-22H,1-3H3,(H,35,42)(H,36,41)(H,37,38,40)/b29-21-. The molecule has 0 aliphatic rings. The molecule has 0 bridgehead atoms. The summed E-state index contributed by atoms with van der Waals surface area (Å²) in [6, 6.07) is 31.3. The fraction of sp³-hybridized carbons (Fsp3) is 0.118. The third-order valence-corrected chi connectivity index (χ3v) is 8.63. The predicted octanol–water partition coefficient (Wildman–Crippen LogP) is 6.89. The number of nitrogens with zero attached hydrogens (tertiary/aromatic N) is 2. The minimum atomic E-state index is -0.463. The van der Waals surface area contributed by atoms with E-state index in [9.17, 15) is 14.4 Å². The Labute approximate surface area is 264 Å². The minimum absolute atomic E-state index is 0.107. The SMILES string of the molecule is CC(Sc1ccc(NC(=O)/C(=C/c2ccc(N(C)C)cc2)NC(=O)c2ccccc2)cc1)C(=O)Nc1nc2ccccc2s1. The summed E-state index contributed by atoms with van der Waals surface area (Å²) in [4.78, 5) is 46.4. The number of thioether (sulfide) groups is 1. The van der Waals surface area contributed by atoms with Crippen molar-refractivity contribution in [3.63, 3.8) is 0 Å². The molecule has 10 heteroatoms. The molecule has 5 aromatic rings. The summed E-state index contributed by atoms with van der Waals surface area (Å²) < 4.78 is 1.01. The summed E-state index contributed by atoms with van der Waals surface area (Å²) in [5.41, 5.74) is 3.73. The molecular formula is C34H31N5O3S2. The van der Waals surface area contributed by atoms with Gasteiger partial charge in [-0.05, 0) is 79.2 Å². The Hall–Kier alpha value is -4.93. The molecular weight excluding hydrogens is 591 g/mol. The van der Waals surface area contributed by atoms with E-state index in [4.69, 9.17) is 0 Å². The van der Waals surface area contributed by atoms with E-state index in [-0.39, 0.29) is 22.8 Å². The molecule has 44 heavy (non-hydrogen) atoms. The maximum absolute atomic E-state index is 13.4. The molecule has 4 aromatic carbocycles. The summed E-state index contributed by atoms with van der Waals surface area (Å²) in [5, 5.41) is 8.74. The van der Waals surface area contributed by atoms with Gasteiger partial charge in [-0.15, -0.1) is 11.8 Å². The molecule has 3 amide bonds. The van der Waals surface area contributed by atoms with Gasteiger partial charge in [-0.2, -0.15) is 0 Å². The van der Waals surface area contributed by atoms with Crippen LogP contribution in [-0.4, -0.2) is 42.1 Å². The first-order valence-corrected chi connectivity index (χ1v) is 15.5. The molecule has 222 valence electrons. The fourth-order valence-electron chi connectivity index (χ4n) is 4.18. The van der Waals surface area contributed by atoms with E-state index in [0.717, 1.165) is 26.4 Å². The molecule has 1 unspecified atom stereocenters. The van der Waals surface area contributed by atoms with E-state index in [0.29, 0.717) is 16.4 Å². The Bertz CT molecular complexity index is 1770. The maximum Gasteiger partial charge on any atom is 0.272 e. The van der Waals surface area contributed by atoms with Crippen LogP contribution in [0.2, 0.25) is 0 Å². The van der Waals surface area contributed by atoms with Gasteiger partial charge in [0.1, 0.15) is 5.70 Å². The maximum atomic E-state index is 13.4. The Kier molecular flexibility index (Phi) is 9.73. The number of benzene rings is 4. The third kappa shape index (κ3) is 7.91. The Balaban J connectivity index is 1.25. The Morgan fingerprint density at radius 3 is 2.20 bits per heavy atom. The predicted molar refractivity (Wildman–Crippen MR) is 181 cm³/mol. The number of aromatic nitrogens is 1. The number of carbonyl (C=O) groups is 3. The number of thiazole rings is 1. The third-order valence-electron chi connectivity index (χ3n) is 6.57. The molecule has 1 atom stereocenters. The molecule has 0 radical (unpaired) electrons. The number of hydrogen-bond donors (Lipinski definition) is 3. The summed E-state index contributed by atoms with van der Waals surface area (Å²) in [5.74, 6) is -0.995. The summed E-state index contributed by atoms with van der Waals surface area (Å²) in [6.07, 6.45) is 1.64. The highest BCUT2D eigenvalue weighted by molar-refractivity contribution is 8.00. The molecule has 1 aromatic heterocycles. The zero-order valence-corrected chi connectivity index (χ0v) is 26.0. The zero-order chi connectivity index (χ0) is 31.1.